The van der Waals surface area contributed by atoms with Gasteiger partial charge < -0.3 is 19.5 Å². The van der Waals surface area contributed by atoms with Crippen LogP contribution < -0.4 is 10.6 Å². The summed E-state index contributed by atoms with van der Waals surface area (Å²) in [6.07, 6.45) is 34.9. The van der Waals surface area contributed by atoms with Crippen molar-refractivity contribution >= 4 is 175 Å². The fraction of sp³-hybridized carbons (Fsp3) is 0.306. The summed E-state index contributed by atoms with van der Waals surface area (Å²) < 4.78 is 59.5. The second-order valence-electron chi connectivity index (χ2n) is 33.2. The van der Waals surface area contributed by atoms with Gasteiger partial charge in [-0.1, -0.05) is 180 Å². The maximum absolute atomic E-state index is 12.6. The van der Waals surface area contributed by atoms with Crippen LogP contribution in [-0.2, 0) is 63.7 Å². The first-order chi connectivity index (χ1) is 67.4. The van der Waals surface area contributed by atoms with Gasteiger partial charge in [0.25, 0.3) is 0 Å². The summed E-state index contributed by atoms with van der Waals surface area (Å²) in [6, 6.07) is 35.9. The van der Waals surface area contributed by atoms with Crippen LogP contribution in [0.4, 0.5) is 39.8 Å². The SMILES string of the molecule is CC(C)C(=O)/C=C/C(=O)Nc1ccc(C(F)(F)F)cc1.CC(C)C(=O)/C=C/C(=O)Nc1ccc(F)cc1.CC(C)C(=O)/C=C/c1ccc([N+](=O)[O-])o1.CC(C)C(=O)/C=C/c1ccc([N+](=O)[O-])s1.CC(C)C(=O)/C=C/c1cccnc1.CC(C)C(=O)/C=C/c1ccco1.CC(C)C(=O)/C=C/c1cccs1.CC(C)C(=O)/C=C/c1ccncc1.CC(C)C(=O)CSc1ccncc1.CC(C)C(=O)CSc1ncccn1. The average molecular weight is 2040 g/mol. The van der Waals surface area contributed by atoms with E-state index in [0.29, 0.717) is 39.7 Å². The molecule has 27 nitrogen and oxygen atoms in total. The smallest absolute Gasteiger partial charge is 0.433 e. The lowest BCUT2D eigenvalue weighted by Gasteiger charge is -2.07. The molecule has 0 saturated carbocycles. The molecule has 0 aliphatic carbocycles. The first-order valence-corrected chi connectivity index (χ1v) is 48.7. The van der Waals surface area contributed by atoms with Gasteiger partial charge in [-0.15, -0.1) is 23.1 Å². The molecule has 0 aliphatic heterocycles. The number of alkyl halides is 3. The van der Waals surface area contributed by atoms with E-state index in [4.69, 9.17) is 8.83 Å². The Hall–Kier alpha value is -14.3. The number of hydrogen-bond donors (Lipinski definition) is 2. The van der Waals surface area contributed by atoms with Crippen LogP contribution in [0.3, 0.4) is 0 Å². The number of hydrogen-bond acceptors (Lipinski definition) is 27. The fourth-order valence-electron chi connectivity index (χ4n) is 8.71. The summed E-state index contributed by atoms with van der Waals surface area (Å²) >= 11 is 5.65. The molecule has 10 aromatic rings. The van der Waals surface area contributed by atoms with Crippen molar-refractivity contribution in [2.24, 2.45) is 59.2 Å². The molecule has 0 bridgehead atoms. The topological polar surface area (TPSA) is 406 Å². The summed E-state index contributed by atoms with van der Waals surface area (Å²) in [5, 5.41) is 28.3. The Labute approximate surface area is 849 Å². The predicted molar refractivity (Wildman–Crippen MR) is 562 cm³/mol. The van der Waals surface area contributed by atoms with E-state index >= 15 is 0 Å². The number of carbonyl (C=O) groups excluding carboxylic acids is 12. The predicted octanol–water partition coefficient (Wildman–Crippen LogP) is 25.6. The number of benzene rings is 2. The summed E-state index contributed by atoms with van der Waals surface area (Å²) in [4.78, 5) is 177. The molecular weight excluding hydrogens is 1920 g/mol. The van der Waals surface area contributed by atoms with E-state index in [1.807, 2.05) is 169 Å². The van der Waals surface area contributed by atoms with Gasteiger partial charge in [0.05, 0.1) is 34.3 Å². The van der Waals surface area contributed by atoms with Gasteiger partial charge >= 0.3 is 17.1 Å². The monoisotopic (exact) mass is 2040 g/mol. The summed E-state index contributed by atoms with van der Waals surface area (Å²) in [6.45, 7) is 36.8. The van der Waals surface area contributed by atoms with Crippen LogP contribution >= 0.6 is 46.2 Å². The number of nitro groups is 2. The van der Waals surface area contributed by atoms with Crippen LogP contribution in [0.5, 0.6) is 0 Å². The van der Waals surface area contributed by atoms with Crippen molar-refractivity contribution in [1.82, 2.24) is 24.9 Å². The van der Waals surface area contributed by atoms with Crippen LogP contribution in [0.2, 0.25) is 0 Å². The first-order valence-electron chi connectivity index (χ1n) is 45.0. The molecule has 0 radical (unpaired) electrons. The van der Waals surface area contributed by atoms with Crippen LogP contribution in [0.15, 0.2) is 280 Å². The van der Waals surface area contributed by atoms with E-state index in [9.17, 15) is 95.3 Å². The Morgan fingerprint density at radius 1 is 0.392 bits per heavy atom. The highest BCUT2D eigenvalue weighted by Crippen LogP contribution is 2.31. The second-order valence-corrected chi connectivity index (χ2v) is 37.2. The quantitative estimate of drug-likeness (QED) is 0.00919. The Morgan fingerprint density at radius 3 is 1.20 bits per heavy atom. The number of Topliss-reactive ketones (excluding diaryl/α,β-unsaturated/α-hetero) is 2. The molecule has 143 heavy (non-hydrogen) atoms. The highest BCUT2D eigenvalue weighted by atomic mass is 32.2. The lowest BCUT2D eigenvalue weighted by Crippen LogP contribution is -2.11. The van der Waals surface area contributed by atoms with Crippen molar-refractivity contribution in [3.8, 4) is 0 Å². The van der Waals surface area contributed by atoms with E-state index in [-0.39, 0.29) is 134 Å². The Balaban J connectivity index is 0.000000797. The zero-order valence-electron chi connectivity index (χ0n) is 83.6. The van der Waals surface area contributed by atoms with Gasteiger partial charge in [0.2, 0.25) is 11.8 Å². The third-order valence-electron chi connectivity index (χ3n) is 17.7. The molecule has 0 unspecified atom stereocenters. The number of halogens is 4. The molecule has 0 fully saturated rings. The molecule has 0 saturated heterocycles. The third kappa shape index (κ3) is 61.1. The van der Waals surface area contributed by atoms with E-state index < -0.39 is 33.4 Å². The average Bonchev–Trinajstić information content (AvgIpc) is 1.63. The summed E-state index contributed by atoms with van der Waals surface area (Å²) in [5.41, 5.74) is 1.88. The molecule has 2 N–H and O–H groups in total. The number of ketones is 10. The van der Waals surface area contributed by atoms with E-state index in [2.05, 4.69) is 35.6 Å². The lowest BCUT2D eigenvalue weighted by atomic mass is 10.1. The van der Waals surface area contributed by atoms with Gasteiger partial charge in [-0.3, -0.25) is 92.7 Å². The van der Waals surface area contributed by atoms with Crippen molar-refractivity contribution in [3.05, 3.63) is 326 Å². The zero-order valence-corrected chi connectivity index (χ0v) is 86.9. The number of furan rings is 2. The van der Waals surface area contributed by atoms with E-state index in [1.165, 1.54) is 84.6 Å². The van der Waals surface area contributed by atoms with Crippen LogP contribution in [0.25, 0.3) is 36.5 Å². The maximum atomic E-state index is 12.6. The van der Waals surface area contributed by atoms with Crippen molar-refractivity contribution in [1.29, 1.82) is 0 Å². The standard InChI is InChI=1S/C14H14F3NO2.C13H14FNO2.2C11H13NO.C10H11NO4.C10H11NO3S.C10H13NOS.C10H12O2.C10H12OS.C9H12N2OS/c1-9(2)12(19)7-8-13(20)18-11-5-3-10(4-6-11)14(15,16)17;1-9(2)12(16)7-8-13(17)15-11-5-3-10(14)4-6-11;1-9(2)11(13)4-3-10-5-7-12-8-6-10;1-9(2)11(13)6-5-10-4-3-7-12-8-10;2*1-7(2)9(12)5-3-8-4-6-10(15-8)11(13)14;1-8(2)10(12)7-13-9-3-5-11-6-4-9;2*1-8(2)10(11)6-5-9-4-3-7-12-9;1-7(2)8(12)6-13-9-10-4-3-5-11-9/h3-9H,1-2H3,(H,18,20);3-9H,1-2H3,(H,15,17);2*3-9H,1-2H3;2*3-7H,1-2H3;3-6,8H,7H2,1-2H3;2*3-8H,1-2H3;3-5,7H,6H2,1-2H3/b2*8-7+;4-3+;6-5+;2*5-3+;;2*6-5+;. The number of thiophene rings is 2. The number of pyridine rings is 3. The lowest BCUT2D eigenvalue weighted by molar-refractivity contribution is -0.402. The van der Waals surface area contributed by atoms with E-state index in [0.717, 1.165) is 73.5 Å². The largest absolute Gasteiger partial charge is 0.465 e. The number of allylic oxidation sites excluding steroid dienone is 8. The van der Waals surface area contributed by atoms with Crippen molar-refractivity contribution in [2.45, 2.75) is 155 Å². The number of nitrogens with one attached hydrogen (secondary N) is 2. The molecule has 0 aliphatic rings. The maximum Gasteiger partial charge on any atom is 0.433 e. The van der Waals surface area contributed by atoms with Crippen LogP contribution in [-0.4, -0.2) is 116 Å². The van der Waals surface area contributed by atoms with Gasteiger partial charge in [0.15, 0.2) is 51.4 Å². The molecule has 8 heterocycles. The van der Waals surface area contributed by atoms with Crippen molar-refractivity contribution in [3.63, 3.8) is 0 Å². The van der Waals surface area contributed by atoms with Crippen molar-refractivity contribution in [2.75, 3.05) is 22.1 Å². The number of nitrogens with zero attached hydrogens (tertiary/aromatic N) is 7. The minimum atomic E-state index is -4.41. The summed E-state index contributed by atoms with van der Waals surface area (Å²) in [5.74, 6) is 1.15. The number of aromatic nitrogens is 5. The fourth-order valence-corrected chi connectivity index (χ4v) is 11.9. The molecular formula is C108H125F4N9O18S4. The number of thioether (sulfide) groups is 2. The zero-order chi connectivity index (χ0) is 108. The summed E-state index contributed by atoms with van der Waals surface area (Å²) in [7, 11) is 0. The number of amides is 2. The number of carbonyl (C=O) groups is 12. The molecule has 2 amide bonds. The molecule has 8 aromatic heterocycles. The van der Waals surface area contributed by atoms with E-state index in [1.54, 1.807) is 181 Å². The number of rotatable bonds is 36. The van der Waals surface area contributed by atoms with Gasteiger partial charge in [-0.25, -0.2) is 14.4 Å². The molecule has 2 aromatic carbocycles. The first kappa shape index (κ1) is 127. The molecule has 0 atom stereocenters. The molecule has 10 rings (SSSR count). The van der Waals surface area contributed by atoms with Gasteiger partial charge in [0, 0.05) is 153 Å². The third-order valence-corrected chi connectivity index (χ3v) is 21.5. The van der Waals surface area contributed by atoms with Gasteiger partial charge in [0.1, 0.15) is 33.8 Å². The van der Waals surface area contributed by atoms with Gasteiger partial charge in [-0.2, -0.15) is 13.2 Å². The van der Waals surface area contributed by atoms with Crippen LogP contribution in [0.1, 0.15) is 176 Å². The Kier molecular flexibility index (Phi) is 63.1. The highest BCUT2D eigenvalue weighted by molar-refractivity contribution is 8.00. The number of anilines is 2. The van der Waals surface area contributed by atoms with Gasteiger partial charge in [-0.05, 0) is 211 Å². The van der Waals surface area contributed by atoms with Crippen LogP contribution in [0, 0.1) is 85.2 Å². The minimum absolute atomic E-state index is 0.0195. The Morgan fingerprint density at radius 2 is 0.811 bits per heavy atom. The highest BCUT2D eigenvalue weighted by Gasteiger charge is 2.30. The Bertz CT molecular complexity index is 5550. The molecule has 762 valence electrons. The van der Waals surface area contributed by atoms with Crippen molar-refractivity contribution < 1.29 is 93.8 Å². The second kappa shape index (κ2) is 71.2. The minimum Gasteiger partial charge on any atom is -0.465 e. The molecule has 0 spiro atoms. The normalized spacial score (nSPS) is 11.1. The molecule has 35 heteroatoms.